The average Bonchev–Trinajstić information content (AvgIpc) is 2.99. The van der Waals surface area contributed by atoms with E-state index < -0.39 is 23.1 Å². The second kappa shape index (κ2) is 7.47. The standard InChI is InChI=1S/C23H23F3N2O2/c1-23(2,30)22(29)27-11-12-7-14(8-12)19-17-9-16(25)10-18(26)21(17)28-20(19)13-3-5-15(24)6-4-13/h3-6,9-10,12,14,28,30H,7-8,11H2,1-2H3,(H,27,29)/t12-,14+. The Labute approximate surface area is 172 Å². The van der Waals surface area contributed by atoms with Gasteiger partial charge in [0.05, 0.1) is 11.2 Å². The van der Waals surface area contributed by atoms with Crippen LogP contribution in [-0.4, -0.2) is 28.1 Å². The van der Waals surface area contributed by atoms with Crippen LogP contribution < -0.4 is 5.32 Å². The van der Waals surface area contributed by atoms with Crippen molar-refractivity contribution in [3.05, 3.63) is 59.4 Å². The Morgan fingerprint density at radius 2 is 1.80 bits per heavy atom. The van der Waals surface area contributed by atoms with Gasteiger partial charge in [-0.2, -0.15) is 0 Å². The molecule has 1 amide bonds. The lowest BCUT2D eigenvalue weighted by atomic mass is 9.70. The Kier molecular flexibility index (Phi) is 5.10. The molecule has 0 spiro atoms. The van der Waals surface area contributed by atoms with Crippen molar-refractivity contribution in [1.29, 1.82) is 0 Å². The molecule has 3 N–H and O–H groups in total. The Bertz CT molecular complexity index is 1090. The van der Waals surface area contributed by atoms with Gasteiger partial charge in [-0.25, -0.2) is 13.2 Å². The summed E-state index contributed by atoms with van der Waals surface area (Å²) < 4.78 is 41.7. The van der Waals surface area contributed by atoms with Crippen molar-refractivity contribution in [3.8, 4) is 11.3 Å². The van der Waals surface area contributed by atoms with Crippen LogP contribution in [0.25, 0.3) is 22.2 Å². The van der Waals surface area contributed by atoms with Gasteiger partial charge in [0, 0.05) is 18.0 Å². The fraction of sp³-hybridized carbons (Fsp3) is 0.348. The molecule has 0 atom stereocenters. The molecule has 158 valence electrons. The third-order valence-electron chi connectivity index (χ3n) is 5.75. The van der Waals surface area contributed by atoms with Gasteiger partial charge < -0.3 is 15.4 Å². The number of halogens is 3. The number of benzene rings is 2. The molecule has 2 aromatic carbocycles. The van der Waals surface area contributed by atoms with E-state index in [2.05, 4.69) is 10.3 Å². The molecule has 3 aromatic rings. The quantitative estimate of drug-likeness (QED) is 0.568. The van der Waals surface area contributed by atoms with Gasteiger partial charge in [0.15, 0.2) is 0 Å². The molecular formula is C23H23F3N2O2. The Morgan fingerprint density at radius 3 is 2.43 bits per heavy atom. The molecule has 0 saturated heterocycles. The van der Waals surface area contributed by atoms with Gasteiger partial charge in [-0.1, -0.05) is 0 Å². The first kappa shape index (κ1) is 20.5. The van der Waals surface area contributed by atoms with Gasteiger partial charge >= 0.3 is 0 Å². The number of carbonyl (C=O) groups excluding carboxylic acids is 1. The lowest BCUT2D eigenvalue weighted by Gasteiger charge is -2.36. The van der Waals surface area contributed by atoms with E-state index in [-0.39, 0.29) is 23.2 Å². The molecule has 0 unspecified atom stereocenters. The number of H-pyrrole nitrogens is 1. The summed E-state index contributed by atoms with van der Waals surface area (Å²) in [5, 5.41) is 13.0. The van der Waals surface area contributed by atoms with Crippen LogP contribution in [0, 0.1) is 23.4 Å². The minimum Gasteiger partial charge on any atom is -0.381 e. The van der Waals surface area contributed by atoms with Gasteiger partial charge in [0.1, 0.15) is 23.1 Å². The van der Waals surface area contributed by atoms with Crippen LogP contribution in [0.3, 0.4) is 0 Å². The molecule has 30 heavy (non-hydrogen) atoms. The second-order valence-corrected chi connectivity index (χ2v) is 8.53. The van der Waals surface area contributed by atoms with Crippen molar-refractivity contribution < 1.29 is 23.1 Å². The Hall–Kier alpha value is -2.80. The highest BCUT2D eigenvalue weighted by atomic mass is 19.1. The molecule has 0 aliphatic heterocycles. The number of hydrogen-bond acceptors (Lipinski definition) is 2. The van der Waals surface area contributed by atoms with Crippen LogP contribution in [0.2, 0.25) is 0 Å². The molecule has 0 radical (unpaired) electrons. The van der Waals surface area contributed by atoms with E-state index >= 15 is 0 Å². The number of nitrogens with one attached hydrogen (secondary N) is 2. The molecular weight excluding hydrogens is 393 g/mol. The number of aliphatic hydroxyl groups is 1. The van der Waals surface area contributed by atoms with Gasteiger partial charge in [-0.3, -0.25) is 4.79 Å². The van der Waals surface area contributed by atoms with Crippen LogP contribution in [0.1, 0.15) is 38.2 Å². The maximum atomic E-state index is 14.4. The SMILES string of the molecule is CC(C)(O)C(=O)NC[C@H]1C[C@@H](c2c(-c3ccc(F)cc3)[nH]c3c(F)cc(F)cc32)C1. The first-order valence-corrected chi connectivity index (χ1v) is 9.90. The van der Waals surface area contributed by atoms with Crippen molar-refractivity contribution in [2.45, 2.75) is 38.2 Å². The van der Waals surface area contributed by atoms with Crippen molar-refractivity contribution in [2.24, 2.45) is 5.92 Å². The molecule has 1 aliphatic rings. The van der Waals surface area contributed by atoms with Crippen LogP contribution >= 0.6 is 0 Å². The van der Waals surface area contributed by atoms with E-state index in [0.717, 1.165) is 24.5 Å². The zero-order chi connectivity index (χ0) is 21.6. The number of aromatic nitrogens is 1. The molecule has 0 bridgehead atoms. The lowest BCUT2D eigenvalue weighted by Crippen LogP contribution is -2.45. The summed E-state index contributed by atoms with van der Waals surface area (Å²) in [6.45, 7) is 3.28. The Balaban J connectivity index is 1.63. The highest BCUT2D eigenvalue weighted by Gasteiger charge is 2.35. The summed E-state index contributed by atoms with van der Waals surface area (Å²) in [5.41, 5.74) is 0.939. The van der Waals surface area contributed by atoms with Crippen LogP contribution in [-0.2, 0) is 4.79 Å². The second-order valence-electron chi connectivity index (χ2n) is 8.53. The summed E-state index contributed by atoms with van der Waals surface area (Å²) in [5.74, 6) is -1.89. The first-order chi connectivity index (χ1) is 14.1. The molecule has 1 fully saturated rings. The third kappa shape index (κ3) is 3.81. The van der Waals surface area contributed by atoms with Crippen LogP contribution in [0.5, 0.6) is 0 Å². The third-order valence-corrected chi connectivity index (χ3v) is 5.75. The molecule has 7 heteroatoms. The van der Waals surface area contributed by atoms with Crippen molar-refractivity contribution >= 4 is 16.8 Å². The largest absolute Gasteiger partial charge is 0.381 e. The number of fused-ring (bicyclic) bond motifs is 1. The highest BCUT2D eigenvalue weighted by molar-refractivity contribution is 5.92. The van der Waals surface area contributed by atoms with Crippen LogP contribution in [0.15, 0.2) is 36.4 Å². The fourth-order valence-corrected chi connectivity index (χ4v) is 4.10. The smallest absolute Gasteiger partial charge is 0.251 e. The van der Waals surface area contributed by atoms with E-state index in [1.54, 1.807) is 12.1 Å². The molecule has 4 nitrogen and oxygen atoms in total. The van der Waals surface area contributed by atoms with E-state index in [4.69, 9.17) is 0 Å². The molecule has 4 rings (SSSR count). The van der Waals surface area contributed by atoms with E-state index in [0.29, 0.717) is 23.2 Å². The number of carbonyl (C=O) groups is 1. The summed E-state index contributed by atoms with van der Waals surface area (Å²) in [6.07, 6.45) is 1.46. The highest BCUT2D eigenvalue weighted by Crippen LogP contribution is 2.48. The van der Waals surface area contributed by atoms with Crippen molar-refractivity contribution in [3.63, 3.8) is 0 Å². The average molecular weight is 416 g/mol. The first-order valence-electron chi connectivity index (χ1n) is 9.90. The van der Waals surface area contributed by atoms with Gasteiger partial charge in [0.2, 0.25) is 0 Å². The zero-order valence-electron chi connectivity index (χ0n) is 16.7. The van der Waals surface area contributed by atoms with Crippen molar-refractivity contribution in [1.82, 2.24) is 10.3 Å². The predicted octanol–water partition coefficient (Wildman–Crippen LogP) is 4.63. The summed E-state index contributed by atoms with van der Waals surface area (Å²) in [6, 6.07) is 8.04. The van der Waals surface area contributed by atoms with Gasteiger partial charge in [-0.15, -0.1) is 0 Å². The maximum absolute atomic E-state index is 14.4. The molecule has 1 saturated carbocycles. The van der Waals surface area contributed by atoms with E-state index in [9.17, 15) is 23.1 Å². The van der Waals surface area contributed by atoms with E-state index in [1.165, 1.54) is 32.0 Å². The van der Waals surface area contributed by atoms with Gasteiger partial charge in [0.25, 0.3) is 5.91 Å². The predicted molar refractivity (Wildman–Crippen MR) is 108 cm³/mol. The summed E-state index contributed by atoms with van der Waals surface area (Å²) in [7, 11) is 0. The van der Waals surface area contributed by atoms with Crippen LogP contribution in [0.4, 0.5) is 13.2 Å². The molecule has 1 aromatic heterocycles. The number of amides is 1. The molecule has 1 heterocycles. The van der Waals surface area contributed by atoms with Gasteiger partial charge in [-0.05, 0) is 80.0 Å². The minimum atomic E-state index is -1.44. The zero-order valence-corrected chi connectivity index (χ0v) is 16.7. The maximum Gasteiger partial charge on any atom is 0.251 e. The molecule has 1 aliphatic carbocycles. The Morgan fingerprint density at radius 1 is 1.13 bits per heavy atom. The fourth-order valence-electron chi connectivity index (χ4n) is 4.10. The summed E-state index contributed by atoms with van der Waals surface area (Å²) in [4.78, 5) is 14.9. The number of hydrogen-bond donors (Lipinski definition) is 3. The van der Waals surface area contributed by atoms with Crippen molar-refractivity contribution in [2.75, 3.05) is 6.54 Å². The number of aromatic amines is 1. The van der Waals surface area contributed by atoms with E-state index in [1.807, 2.05) is 0 Å². The topological polar surface area (TPSA) is 65.1 Å². The monoisotopic (exact) mass is 416 g/mol. The normalized spacial score (nSPS) is 19.0. The lowest BCUT2D eigenvalue weighted by molar-refractivity contribution is -0.136. The summed E-state index contributed by atoms with van der Waals surface area (Å²) >= 11 is 0. The number of rotatable bonds is 5. The minimum absolute atomic E-state index is 0.0454.